The van der Waals surface area contributed by atoms with Crippen molar-refractivity contribution in [2.45, 2.75) is 108 Å². The SMILES string of the molecule is CC(C)(O)c1ccc(-c2c(C(C)(C)C(F)(F)F)cnc(OC(N)=O)c2CC23CCC(c4noc(C(C)(F)F)n4)(CC2)CC3)cc1. The largest absolute Gasteiger partial charge is 0.411 e. The van der Waals surface area contributed by atoms with Gasteiger partial charge in [-0.15, -0.1) is 0 Å². The first-order valence-corrected chi connectivity index (χ1v) is 14.8. The number of rotatable bonds is 8. The summed E-state index contributed by atoms with van der Waals surface area (Å²) < 4.78 is 81.4. The van der Waals surface area contributed by atoms with Crippen molar-refractivity contribution in [1.82, 2.24) is 15.1 Å². The molecular formula is C32H37F5N4O4. The Kier molecular flexibility index (Phi) is 7.82. The lowest BCUT2D eigenvalue weighted by atomic mass is 9.52. The smallest absolute Gasteiger partial charge is 0.391 e. The standard InChI is InChI=1S/C32H37F5N4O4/c1-27(2,32(35,36)37)21-17-39-23(44-26(38)42)20(22(21)18-6-8-19(9-7-18)28(3,4)43)16-30-10-13-31(14-11-30,15-12-30)24-40-25(45-41-24)29(5,33)34/h6-9,17,43H,10-16H2,1-5H3,(H2,38,42). The number of primary amides is 1. The van der Waals surface area contributed by atoms with Crippen molar-refractivity contribution in [3.05, 3.63) is 58.9 Å². The molecule has 2 heterocycles. The summed E-state index contributed by atoms with van der Waals surface area (Å²) in [5.41, 5.74) is 2.34. The fraction of sp³-hybridized carbons (Fsp3) is 0.562. The van der Waals surface area contributed by atoms with E-state index >= 15 is 0 Å². The molecule has 244 valence electrons. The summed E-state index contributed by atoms with van der Waals surface area (Å²) in [7, 11) is 0. The lowest BCUT2D eigenvalue weighted by Crippen LogP contribution is -2.46. The maximum absolute atomic E-state index is 14.5. The van der Waals surface area contributed by atoms with Gasteiger partial charge in [0, 0.05) is 24.1 Å². The van der Waals surface area contributed by atoms with Crippen molar-refractivity contribution in [3.8, 4) is 17.0 Å². The summed E-state index contributed by atoms with van der Waals surface area (Å²) in [5.74, 6) is -3.93. The molecule has 2 aromatic heterocycles. The molecule has 3 aliphatic rings. The monoisotopic (exact) mass is 636 g/mol. The molecule has 0 saturated heterocycles. The fourth-order valence-corrected chi connectivity index (χ4v) is 6.74. The van der Waals surface area contributed by atoms with Crippen molar-refractivity contribution in [2.75, 3.05) is 0 Å². The molecule has 3 saturated carbocycles. The number of pyridine rings is 1. The van der Waals surface area contributed by atoms with Gasteiger partial charge in [-0.25, -0.2) is 9.78 Å². The normalized spacial score (nSPS) is 22.5. The van der Waals surface area contributed by atoms with E-state index in [2.05, 4.69) is 15.1 Å². The van der Waals surface area contributed by atoms with Crippen molar-refractivity contribution < 1.29 is 41.1 Å². The first kappa shape index (κ1) is 32.8. The summed E-state index contributed by atoms with van der Waals surface area (Å²) in [5, 5.41) is 14.4. The number of carbonyl (C=O) groups excluding carboxylic acids is 1. The maximum Gasteiger partial charge on any atom is 0.411 e. The quantitative estimate of drug-likeness (QED) is 0.244. The molecule has 3 aliphatic carbocycles. The third-order valence-electron chi connectivity index (χ3n) is 9.83. The average molecular weight is 637 g/mol. The Morgan fingerprint density at radius 3 is 2.02 bits per heavy atom. The van der Waals surface area contributed by atoms with Gasteiger partial charge in [-0.05, 0) is 100 Å². The zero-order valence-corrected chi connectivity index (χ0v) is 25.8. The predicted octanol–water partition coefficient (Wildman–Crippen LogP) is 7.60. The number of benzene rings is 1. The van der Waals surface area contributed by atoms with E-state index in [9.17, 15) is 31.9 Å². The van der Waals surface area contributed by atoms with E-state index in [0.717, 1.165) is 20.0 Å². The molecule has 1 amide bonds. The molecule has 0 aliphatic heterocycles. The second-order valence-electron chi connectivity index (χ2n) is 13.8. The van der Waals surface area contributed by atoms with Crippen molar-refractivity contribution in [3.63, 3.8) is 0 Å². The van der Waals surface area contributed by atoms with Gasteiger partial charge < -0.3 is 20.1 Å². The number of hydrogen-bond donors (Lipinski definition) is 2. The lowest BCUT2D eigenvalue weighted by molar-refractivity contribution is -0.180. The Labute approximate surface area is 257 Å². The molecule has 0 atom stereocenters. The van der Waals surface area contributed by atoms with Crippen molar-refractivity contribution >= 4 is 6.09 Å². The number of nitrogens with two attached hydrogens (primary N) is 1. The molecule has 0 unspecified atom stereocenters. The topological polar surface area (TPSA) is 124 Å². The molecule has 2 bridgehead atoms. The van der Waals surface area contributed by atoms with Crippen LogP contribution in [0.25, 0.3) is 11.1 Å². The summed E-state index contributed by atoms with van der Waals surface area (Å²) >= 11 is 0. The van der Waals surface area contributed by atoms with Gasteiger partial charge in [-0.3, -0.25) is 0 Å². The molecule has 0 radical (unpaired) electrons. The van der Waals surface area contributed by atoms with Crippen LogP contribution in [0.5, 0.6) is 5.88 Å². The Hall–Kier alpha value is -3.61. The number of halogens is 5. The highest BCUT2D eigenvalue weighted by Gasteiger charge is 2.54. The molecule has 45 heavy (non-hydrogen) atoms. The third-order valence-corrected chi connectivity index (χ3v) is 9.83. The zero-order valence-electron chi connectivity index (χ0n) is 25.8. The first-order chi connectivity index (χ1) is 20.7. The van der Waals surface area contributed by atoms with Gasteiger partial charge in [-0.2, -0.15) is 26.9 Å². The second kappa shape index (κ2) is 10.7. The molecular weight excluding hydrogens is 599 g/mol. The van der Waals surface area contributed by atoms with E-state index in [-0.39, 0.29) is 29.3 Å². The average Bonchev–Trinajstić information content (AvgIpc) is 3.46. The summed E-state index contributed by atoms with van der Waals surface area (Å²) in [6.07, 6.45) is -1.02. The number of nitrogens with zero attached hydrogens (tertiary/aromatic N) is 3. The van der Waals surface area contributed by atoms with Crippen LogP contribution in [0.15, 0.2) is 35.0 Å². The molecule has 3 aromatic rings. The van der Waals surface area contributed by atoms with Crippen LogP contribution in [0.1, 0.15) is 102 Å². The second-order valence-corrected chi connectivity index (χ2v) is 13.8. The number of fused-ring (bicyclic) bond motifs is 3. The van der Waals surface area contributed by atoms with Crippen molar-refractivity contribution in [2.24, 2.45) is 11.1 Å². The molecule has 3 N–H and O–H groups in total. The number of aliphatic hydroxyl groups is 1. The number of carbonyl (C=O) groups is 1. The van der Waals surface area contributed by atoms with Crippen LogP contribution in [0.4, 0.5) is 26.7 Å². The number of amides is 1. The summed E-state index contributed by atoms with van der Waals surface area (Å²) in [6, 6.07) is 6.56. The van der Waals surface area contributed by atoms with Crippen LogP contribution < -0.4 is 10.5 Å². The Morgan fingerprint density at radius 1 is 0.978 bits per heavy atom. The minimum absolute atomic E-state index is 0.102. The van der Waals surface area contributed by atoms with Crippen LogP contribution in [0.3, 0.4) is 0 Å². The fourth-order valence-electron chi connectivity index (χ4n) is 6.74. The number of aromatic nitrogens is 3. The zero-order chi connectivity index (χ0) is 33.2. The van der Waals surface area contributed by atoms with E-state index in [1.807, 2.05) is 0 Å². The number of ether oxygens (including phenoxy) is 1. The van der Waals surface area contributed by atoms with Crippen LogP contribution >= 0.6 is 0 Å². The van der Waals surface area contributed by atoms with Gasteiger partial charge in [0.05, 0.1) is 11.0 Å². The highest BCUT2D eigenvalue weighted by atomic mass is 19.4. The van der Waals surface area contributed by atoms with Crippen LogP contribution in [-0.2, 0) is 28.8 Å². The minimum atomic E-state index is -4.65. The molecule has 6 rings (SSSR count). The lowest BCUT2D eigenvalue weighted by Gasteiger charge is -2.52. The van der Waals surface area contributed by atoms with E-state index in [0.29, 0.717) is 62.1 Å². The van der Waals surface area contributed by atoms with Gasteiger partial charge in [-0.1, -0.05) is 29.4 Å². The molecule has 0 spiro atoms. The van der Waals surface area contributed by atoms with Gasteiger partial charge in [0.25, 0.3) is 5.89 Å². The Morgan fingerprint density at radius 2 is 1.56 bits per heavy atom. The highest BCUT2D eigenvalue weighted by molar-refractivity contribution is 5.76. The van der Waals surface area contributed by atoms with Gasteiger partial charge in [0.15, 0.2) is 5.82 Å². The first-order valence-electron chi connectivity index (χ1n) is 14.8. The Balaban J connectivity index is 1.60. The predicted molar refractivity (Wildman–Crippen MR) is 154 cm³/mol. The van der Waals surface area contributed by atoms with Crippen LogP contribution in [0, 0.1) is 5.41 Å². The minimum Gasteiger partial charge on any atom is -0.391 e. The van der Waals surface area contributed by atoms with E-state index < -0.39 is 45.9 Å². The van der Waals surface area contributed by atoms with Crippen LogP contribution in [-0.4, -0.2) is 32.5 Å². The van der Waals surface area contributed by atoms with Crippen molar-refractivity contribution in [1.29, 1.82) is 0 Å². The van der Waals surface area contributed by atoms with E-state index in [1.54, 1.807) is 38.1 Å². The molecule has 1 aromatic carbocycles. The Bertz CT molecular complexity index is 1560. The van der Waals surface area contributed by atoms with E-state index in [4.69, 9.17) is 15.0 Å². The molecule has 8 nitrogen and oxygen atoms in total. The maximum atomic E-state index is 14.5. The van der Waals surface area contributed by atoms with Gasteiger partial charge in [0.2, 0.25) is 5.88 Å². The number of alkyl halides is 5. The molecule has 3 fully saturated rings. The van der Waals surface area contributed by atoms with Gasteiger partial charge in [0.1, 0.15) is 0 Å². The highest BCUT2D eigenvalue weighted by Crippen LogP contribution is 2.60. The van der Waals surface area contributed by atoms with Crippen LogP contribution in [0.2, 0.25) is 0 Å². The molecule has 13 heteroatoms. The number of hydrogen-bond acceptors (Lipinski definition) is 7. The summed E-state index contributed by atoms with van der Waals surface area (Å²) in [6.45, 7) is 6.04. The van der Waals surface area contributed by atoms with E-state index in [1.165, 1.54) is 0 Å². The summed E-state index contributed by atoms with van der Waals surface area (Å²) in [4.78, 5) is 20.2. The third kappa shape index (κ3) is 6.03. The van der Waals surface area contributed by atoms with Gasteiger partial charge >= 0.3 is 18.2 Å².